The first-order valence-corrected chi connectivity index (χ1v) is 9.59. The number of para-hydroxylation sites is 1. The Morgan fingerprint density at radius 2 is 1.88 bits per heavy atom. The summed E-state index contributed by atoms with van der Waals surface area (Å²) < 4.78 is 29.2. The standard InChI is InChI=1S/C16H17ClN2O5S/c1-11(24-13-8-6-12(17)7-9-13)10-18-14-4-3-5-15(25(2,22)23)16(14)19(20)21/h3-9,11,18H,10H2,1-2H3. The Balaban J connectivity index is 2.14. The summed E-state index contributed by atoms with van der Waals surface area (Å²) in [6, 6.07) is 10.9. The monoisotopic (exact) mass is 384 g/mol. The molecule has 0 aliphatic rings. The van der Waals surface area contributed by atoms with Crippen LogP contribution >= 0.6 is 11.6 Å². The topological polar surface area (TPSA) is 98.5 Å². The number of rotatable bonds is 7. The van der Waals surface area contributed by atoms with Crippen LogP contribution in [0.25, 0.3) is 0 Å². The fraction of sp³-hybridized carbons (Fsp3) is 0.250. The van der Waals surface area contributed by atoms with Crippen LogP contribution in [0, 0.1) is 10.1 Å². The predicted molar refractivity (Wildman–Crippen MR) is 96.2 cm³/mol. The SMILES string of the molecule is CC(CNc1cccc(S(C)(=O)=O)c1[N+](=O)[O-])Oc1ccc(Cl)cc1. The molecule has 0 aliphatic carbocycles. The molecule has 2 aromatic rings. The van der Waals surface area contributed by atoms with E-state index in [0.29, 0.717) is 10.8 Å². The lowest BCUT2D eigenvalue weighted by Gasteiger charge is -2.16. The van der Waals surface area contributed by atoms with E-state index in [1.54, 1.807) is 31.2 Å². The molecule has 0 spiro atoms. The molecule has 25 heavy (non-hydrogen) atoms. The Morgan fingerprint density at radius 1 is 1.24 bits per heavy atom. The first-order chi connectivity index (χ1) is 11.7. The van der Waals surface area contributed by atoms with Gasteiger partial charge in [-0.05, 0) is 43.3 Å². The van der Waals surface area contributed by atoms with E-state index in [4.69, 9.17) is 16.3 Å². The molecule has 0 saturated carbocycles. The van der Waals surface area contributed by atoms with Gasteiger partial charge in [-0.25, -0.2) is 8.42 Å². The second-order valence-electron chi connectivity index (χ2n) is 5.44. The lowest BCUT2D eigenvalue weighted by molar-refractivity contribution is -0.386. The van der Waals surface area contributed by atoms with Crippen molar-refractivity contribution in [3.05, 3.63) is 57.6 Å². The molecule has 0 fully saturated rings. The van der Waals surface area contributed by atoms with Crippen LogP contribution in [-0.2, 0) is 9.84 Å². The molecule has 2 aromatic carbocycles. The minimum atomic E-state index is -3.72. The van der Waals surface area contributed by atoms with Gasteiger partial charge in [0, 0.05) is 11.3 Å². The van der Waals surface area contributed by atoms with Gasteiger partial charge in [0.15, 0.2) is 9.84 Å². The Kier molecular flexibility index (Phi) is 5.86. The first-order valence-electron chi connectivity index (χ1n) is 7.32. The number of hydrogen-bond acceptors (Lipinski definition) is 6. The van der Waals surface area contributed by atoms with Gasteiger partial charge in [0.1, 0.15) is 22.4 Å². The van der Waals surface area contributed by atoms with Crippen molar-refractivity contribution in [2.24, 2.45) is 0 Å². The van der Waals surface area contributed by atoms with Gasteiger partial charge in [0.2, 0.25) is 0 Å². The van der Waals surface area contributed by atoms with E-state index in [1.807, 2.05) is 0 Å². The molecule has 0 radical (unpaired) electrons. The minimum Gasteiger partial charge on any atom is -0.489 e. The summed E-state index contributed by atoms with van der Waals surface area (Å²) in [5.74, 6) is 0.609. The lowest BCUT2D eigenvalue weighted by Crippen LogP contribution is -2.23. The third-order valence-electron chi connectivity index (χ3n) is 3.31. The van der Waals surface area contributed by atoms with Gasteiger partial charge >= 0.3 is 5.69 Å². The summed E-state index contributed by atoms with van der Waals surface area (Å²) >= 11 is 5.81. The molecule has 9 heteroatoms. The summed E-state index contributed by atoms with van der Waals surface area (Å²) in [6.45, 7) is 2.03. The van der Waals surface area contributed by atoms with E-state index >= 15 is 0 Å². The maximum atomic E-state index is 11.7. The van der Waals surface area contributed by atoms with Crippen molar-refractivity contribution >= 4 is 32.8 Å². The fourth-order valence-corrected chi connectivity index (χ4v) is 3.18. The zero-order valence-electron chi connectivity index (χ0n) is 13.6. The normalized spacial score (nSPS) is 12.4. The second-order valence-corrected chi connectivity index (χ2v) is 7.87. The number of halogens is 1. The zero-order chi connectivity index (χ0) is 18.6. The Bertz CT molecular complexity index is 869. The van der Waals surface area contributed by atoms with Gasteiger partial charge in [0.25, 0.3) is 0 Å². The third-order valence-corrected chi connectivity index (χ3v) is 4.69. The Labute approximate surface area is 150 Å². The van der Waals surface area contributed by atoms with Gasteiger partial charge in [-0.2, -0.15) is 0 Å². The number of sulfone groups is 1. The molecule has 0 bridgehead atoms. The summed E-state index contributed by atoms with van der Waals surface area (Å²) in [4.78, 5) is 10.3. The van der Waals surface area contributed by atoms with Crippen LogP contribution in [0.1, 0.15) is 6.92 Å². The first kappa shape index (κ1) is 19.0. The van der Waals surface area contributed by atoms with Crippen molar-refractivity contribution in [1.29, 1.82) is 0 Å². The summed E-state index contributed by atoms with van der Waals surface area (Å²) in [7, 11) is -3.72. The van der Waals surface area contributed by atoms with Crippen LogP contribution in [0.5, 0.6) is 5.75 Å². The van der Waals surface area contributed by atoms with Crippen molar-refractivity contribution in [2.45, 2.75) is 17.9 Å². The summed E-state index contributed by atoms with van der Waals surface area (Å²) in [5.41, 5.74) is -0.344. The van der Waals surface area contributed by atoms with Crippen LogP contribution in [0.2, 0.25) is 5.02 Å². The predicted octanol–water partition coefficient (Wildman–Crippen LogP) is 3.53. The highest BCUT2D eigenvalue weighted by Crippen LogP contribution is 2.32. The molecule has 7 nitrogen and oxygen atoms in total. The highest BCUT2D eigenvalue weighted by Gasteiger charge is 2.26. The van der Waals surface area contributed by atoms with Crippen molar-refractivity contribution in [3.8, 4) is 5.75 Å². The van der Waals surface area contributed by atoms with Gasteiger partial charge in [0.05, 0.1) is 11.5 Å². The maximum Gasteiger partial charge on any atom is 0.310 e. The summed E-state index contributed by atoms with van der Waals surface area (Å²) in [5, 5.41) is 14.8. The van der Waals surface area contributed by atoms with Gasteiger partial charge < -0.3 is 10.1 Å². The second kappa shape index (κ2) is 7.71. The van der Waals surface area contributed by atoms with Gasteiger partial charge in [-0.15, -0.1) is 0 Å². The number of ether oxygens (including phenoxy) is 1. The molecule has 1 N–H and O–H groups in total. The number of hydrogen-bond donors (Lipinski definition) is 1. The van der Waals surface area contributed by atoms with Crippen molar-refractivity contribution < 1.29 is 18.1 Å². The molecule has 0 aromatic heterocycles. The maximum absolute atomic E-state index is 11.7. The van der Waals surface area contributed by atoms with Crippen LogP contribution in [-0.4, -0.2) is 32.2 Å². The lowest BCUT2D eigenvalue weighted by atomic mass is 10.2. The van der Waals surface area contributed by atoms with E-state index in [-0.39, 0.29) is 23.2 Å². The zero-order valence-corrected chi connectivity index (χ0v) is 15.2. The smallest absolute Gasteiger partial charge is 0.310 e. The fourth-order valence-electron chi connectivity index (χ4n) is 2.19. The number of benzene rings is 2. The van der Waals surface area contributed by atoms with E-state index in [1.165, 1.54) is 18.2 Å². The molecular weight excluding hydrogens is 368 g/mol. The average Bonchev–Trinajstić information content (AvgIpc) is 2.53. The van der Waals surface area contributed by atoms with Crippen LogP contribution in [0.4, 0.5) is 11.4 Å². The van der Waals surface area contributed by atoms with Gasteiger partial charge in [-0.1, -0.05) is 17.7 Å². The molecule has 134 valence electrons. The highest BCUT2D eigenvalue weighted by atomic mass is 35.5. The number of nitro groups is 1. The third kappa shape index (κ3) is 5.07. The number of nitrogens with zero attached hydrogens (tertiary/aromatic N) is 1. The molecular formula is C16H17ClN2O5S. The molecule has 0 heterocycles. The highest BCUT2D eigenvalue weighted by molar-refractivity contribution is 7.90. The van der Waals surface area contributed by atoms with Crippen molar-refractivity contribution in [2.75, 3.05) is 18.1 Å². The number of nitrogens with one attached hydrogen (secondary N) is 1. The van der Waals surface area contributed by atoms with E-state index in [2.05, 4.69) is 5.32 Å². The molecule has 0 aliphatic heterocycles. The van der Waals surface area contributed by atoms with E-state index in [0.717, 1.165) is 6.26 Å². The summed E-state index contributed by atoms with van der Waals surface area (Å²) in [6.07, 6.45) is 0.619. The number of anilines is 1. The largest absolute Gasteiger partial charge is 0.489 e. The average molecular weight is 385 g/mol. The quantitative estimate of drug-likeness (QED) is 0.579. The molecule has 0 amide bonds. The molecule has 2 rings (SSSR count). The Morgan fingerprint density at radius 3 is 2.44 bits per heavy atom. The van der Waals surface area contributed by atoms with Gasteiger partial charge in [-0.3, -0.25) is 10.1 Å². The van der Waals surface area contributed by atoms with Crippen molar-refractivity contribution in [1.82, 2.24) is 0 Å². The Hall–Kier alpha value is -2.32. The molecule has 1 unspecified atom stereocenters. The van der Waals surface area contributed by atoms with E-state index in [9.17, 15) is 18.5 Å². The minimum absolute atomic E-state index is 0.125. The van der Waals surface area contributed by atoms with Crippen LogP contribution < -0.4 is 10.1 Å². The molecule has 1 atom stereocenters. The van der Waals surface area contributed by atoms with Crippen LogP contribution in [0.3, 0.4) is 0 Å². The van der Waals surface area contributed by atoms with Crippen LogP contribution in [0.15, 0.2) is 47.4 Å². The molecule has 0 saturated heterocycles. The van der Waals surface area contributed by atoms with Crippen molar-refractivity contribution in [3.63, 3.8) is 0 Å². The number of nitro benzene ring substituents is 1. The van der Waals surface area contributed by atoms with E-state index < -0.39 is 20.4 Å².